The van der Waals surface area contributed by atoms with Crippen molar-refractivity contribution in [1.82, 2.24) is 0 Å². The van der Waals surface area contributed by atoms with E-state index in [1.54, 1.807) is 0 Å². The van der Waals surface area contributed by atoms with Gasteiger partial charge in [0.15, 0.2) is 0 Å². The molecule has 0 fully saturated rings. The first-order valence-corrected chi connectivity index (χ1v) is 22.2. The first kappa shape index (κ1) is 36.9. The number of fused-ring (bicyclic) bond motifs is 11. The third kappa shape index (κ3) is 5.15. The van der Waals surface area contributed by atoms with E-state index in [9.17, 15) is 0 Å². The molecule has 3 aliphatic carbocycles. The van der Waals surface area contributed by atoms with Crippen molar-refractivity contribution >= 4 is 27.8 Å². The van der Waals surface area contributed by atoms with E-state index in [2.05, 4.69) is 234 Å². The maximum Gasteiger partial charge on any atom is 0.0546 e. The zero-order valence-electron chi connectivity index (χ0n) is 36.3. The molecule has 0 aromatic heterocycles. The molecular weight excluding hydrogens is 747 g/mol. The molecule has 0 saturated carbocycles. The van der Waals surface area contributed by atoms with Crippen molar-refractivity contribution in [2.24, 2.45) is 0 Å². The molecule has 0 spiro atoms. The highest BCUT2D eigenvalue weighted by Gasteiger charge is 2.40. The van der Waals surface area contributed by atoms with Gasteiger partial charge in [0.1, 0.15) is 0 Å². The molecule has 0 atom stereocenters. The van der Waals surface area contributed by atoms with Gasteiger partial charge in [-0.1, -0.05) is 187 Å². The van der Waals surface area contributed by atoms with E-state index in [4.69, 9.17) is 0 Å². The molecule has 0 radical (unpaired) electrons. The second kappa shape index (κ2) is 13.0. The summed E-state index contributed by atoms with van der Waals surface area (Å²) in [6, 6.07) is 70.9. The van der Waals surface area contributed by atoms with Gasteiger partial charge in [-0.15, -0.1) is 0 Å². The summed E-state index contributed by atoms with van der Waals surface area (Å²) >= 11 is 0. The molecule has 298 valence electrons. The van der Waals surface area contributed by atoms with E-state index in [0.29, 0.717) is 0 Å². The summed E-state index contributed by atoms with van der Waals surface area (Å²) in [7, 11) is 0. The van der Waals surface area contributed by atoms with Crippen molar-refractivity contribution in [1.29, 1.82) is 0 Å². The first-order chi connectivity index (χ1) is 30.0. The quantitative estimate of drug-likeness (QED) is 0.168. The molecule has 0 saturated heterocycles. The Balaban J connectivity index is 1.04. The largest absolute Gasteiger partial charge is 0.310 e. The van der Waals surface area contributed by atoms with Gasteiger partial charge < -0.3 is 4.90 Å². The Morgan fingerprint density at radius 3 is 1.35 bits per heavy atom. The minimum Gasteiger partial charge on any atom is -0.310 e. The van der Waals surface area contributed by atoms with Gasteiger partial charge in [-0.25, -0.2) is 0 Å². The third-order valence-corrected chi connectivity index (χ3v) is 14.8. The molecule has 0 aliphatic heterocycles. The van der Waals surface area contributed by atoms with Crippen LogP contribution in [0.25, 0.3) is 66.4 Å². The molecule has 1 nitrogen and oxygen atoms in total. The monoisotopic (exact) mass is 795 g/mol. The van der Waals surface area contributed by atoms with Crippen LogP contribution in [-0.4, -0.2) is 0 Å². The summed E-state index contributed by atoms with van der Waals surface area (Å²) in [6.07, 6.45) is 0. The second-order valence-corrected chi connectivity index (χ2v) is 19.3. The zero-order chi connectivity index (χ0) is 42.1. The SMILES string of the molecule is CC1(C)c2ccccc2-c2ccc(-c3ccc(N(c4ccc5c(c4)C(C)(C)c4ccccc4-5)c4cc5c(c6ccccc46)C(C)(C)c4cc(-c6ccccc6)ccc4-5)cc3)cc21. The van der Waals surface area contributed by atoms with E-state index in [1.807, 2.05) is 0 Å². The van der Waals surface area contributed by atoms with Gasteiger partial charge in [0, 0.05) is 33.0 Å². The normalized spacial score (nSPS) is 15.3. The fraction of sp³-hybridized carbons (Fsp3) is 0.148. The summed E-state index contributed by atoms with van der Waals surface area (Å²) in [4.78, 5) is 2.53. The Labute approximate surface area is 366 Å². The molecule has 0 unspecified atom stereocenters. The lowest BCUT2D eigenvalue weighted by Crippen LogP contribution is -2.18. The smallest absolute Gasteiger partial charge is 0.0546 e. The van der Waals surface area contributed by atoms with Crippen LogP contribution in [0.15, 0.2) is 188 Å². The van der Waals surface area contributed by atoms with Gasteiger partial charge in [0.25, 0.3) is 0 Å². The maximum atomic E-state index is 2.53. The molecule has 9 aromatic rings. The van der Waals surface area contributed by atoms with Crippen LogP contribution in [0.5, 0.6) is 0 Å². The molecule has 0 heterocycles. The minimum atomic E-state index is -0.185. The Morgan fingerprint density at radius 2 is 0.726 bits per heavy atom. The topological polar surface area (TPSA) is 3.24 Å². The van der Waals surface area contributed by atoms with Crippen molar-refractivity contribution in [3.63, 3.8) is 0 Å². The first-order valence-electron chi connectivity index (χ1n) is 22.2. The Bertz CT molecular complexity index is 3310. The fourth-order valence-corrected chi connectivity index (χ4v) is 11.6. The number of hydrogen-bond donors (Lipinski definition) is 0. The predicted octanol–water partition coefficient (Wildman–Crippen LogP) is 16.6. The maximum absolute atomic E-state index is 2.53. The molecule has 0 N–H and O–H groups in total. The van der Waals surface area contributed by atoms with Crippen LogP contribution < -0.4 is 4.90 Å². The van der Waals surface area contributed by atoms with Crippen molar-refractivity contribution in [3.8, 4) is 55.6 Å². The molecule has 12 rings (SSSR count). The molecular formula is C61H49N. The molecule has 3 aliphatic rings. The van der Waals surface area contributed by atoms with Gasteiger partial charge >= 0.3 is 0 Å². The average molecular weight is 796 g/mol. The van der Waals surface area contributed by atoms with E-state index in [0.717, 1.165) is 11.4 Å². The molecule has 0 amide bonds. The molecule has 9 aromatic carbocycles. The van der Waals surface area contributed by atoms with Gasteiger partial charge in [-0.3, -0.25) is 0 Å². The van der Waals surface area contributed by atoms with Gasteiger partial charge in [0.05, 0.1) is 5.69 Å². The average Bonchev–Trinajstić information content (AvgIpc) is 3.78. The van der Waals surface area contributed by atoms with Crippen molar-refractivity contribution in [2.75, 3.05) is 4.90 Å². The van der Waals surface area contributed by atoms with Crippen LogP contribution in [0.2, 0.25) is 0 Å². The Morgan fingerprint density at radius 1 is 0.290 bits per heavy atom. The van der Waals surface area contributed by atoms with Gasteiger partial charge in [-0.05, 0) is 137 Å². The lowest BCUT2D eigenvalue weighted by Gasteiger charge is -2.31. The summed E-state index contributed by atoms with van der Waals surface area (Å²) in [5, 5.41) is 2.56. The molecule has 62 heavy (non-hydrogen) atoms. The fourth-order valence-electron chi connectivity index (χ4n) is 11.6. The summed E-state index contributed by atoms with van der Waals surface area (Å²) in [5.74, 6) is 0. The second-order valence-electron chi connectivity index (χ2n) is 19.3. The minimum absolute atomic E-state index is 0.0510. The van der Waals surface area contributed by atoms with E-state index in [-0.39, 0.29) is 16.2 Å². The summed E-state index contributed by atoms with van der Waals surface area (Å²) < 4.78 is 0. The highest BCUT2D eigenvalue weighted by atomic mass is 15.1. The third-order valence-electron chi connectivity index (χ3n) is 14.8. The number of nitrogens with zero attached hydrogens (tertiary/aromatic N) is 1. The van der Waals surface area contributed by atoms with Gasteiger partial charge in [0.2, 0.25) is 0 Å². The number of benzene rings is 9. The molecule has 1 heteroatoms. The van der Waals surface area contributed by atoms with Crippen LogP contribution in [0.3, 0.4) is 0 Å². The van der Waals surface area contributed by atoms with Crippen LogP contribution in [0.1, 0.15) is 74.9 Å². The molecule has 0 bridgehead atoms. The highest BCUT2D eigenvalue weighted by molar-refractivity contribution is 6.07. The van der Waals surface area contributed by atoms with E-state index < -0.39 is 0 Å². The summed E-state index contributed by atoms with van der Waals surface area (Å²) in [6.45, 7) is 14.3. The van der Waals surface area contributed by atoms with Gasteiger partial charge in [-0.2, -0.15) is 0 Å². The van der Waals surface area contributed by atoms with E-state index >= 15 is 0 Å². The van der Waals surface area contributed by atoms with Crippen LogP contribution >= 0.6 is 0 Å². The van der Waals surface area contributed by atoms with Crippen molar-refractivity contribution in [2.45, 2.75) is 57.8 Å². The lowest BCUT2D eigenvalue weighted by atomic mass is 9.79. The predicted molar refractivity (Wildman–Crippen MR) is 262 cm³/mol. The van der Waals surface area contributed by atoms with Crippen molar-refractivity contribution in [3.05, 3.63) is 221 Å². The van der Waals surface area contributed by atoms with Crippen LogP contribution in [0, 0.1) is 0 Å². The van der Waals surface area contributed by atoms with Crippen LogP contribution in [0.4, 0.5) is 17.1 Å². The zero-order valence-corrected chi connectivity index (χ0v) is 36.3. The number of anilines is 3. The van der Waals surface area contributed by atoms with E-state index in [1.165, 1.54) is 105 Å². The van der Waals surface area contributed by atoms with Crippen LogP contribution in [-0.2, 0) is 16.2 Å². The Hall–Kier alpha value is -6.96. The van der Waals surface area contributed by atoms with Crippen molar-refractivity contribution < 1.29 is 0 Å². The summed E-state index contributed by atoms with van der Waals surface area (Å²) in [5.41, 5.74) is 24.4. The number of rotatable bonds is 5. The lowest BCUT2D eigenvalue weighted by molar-refractivity contribution is 0.660. The number of hydrogen-bond acceptors (Lipinski definition) is 1. The Kier molecular flexibility index (Phi) is 7.74. The highest BCUT2D eigenvalue weighted by Crippen LogP contribution is 2.57. The standard InChI is InChI=1S/C61H49N/c1-59(2)52-22-14-12-18-44(52)46-31-26-41(34-54(46)59)39-24-28-42(29-25-39)62(43-30-33-47-45-19-13-15-23-53(45)60(3,4)56(47)36-43)57-37-51-48-32-27-40(38-16-8-7-9-17-38)35-55(48)61(5,6)58(51)50-21-11-10-20-49(50)57/h7-37H,1-6H3.